The van der Waals surface area contributed by atoms with E-state index >= 15 is 0 Å². The van der Waals surface area contributed by atoms with E-state index in [0.717, 1.165) is 28.2 Å². The lowest BCUT2D eigenvalue weighted by Gasteiger charge is -2.16. The molecule has 1 atom stereocenters. The van der Waals surface area contributed by atoms with E-state index in [9.17, 15) is 4.39 Å². The number of benzene rings is 1. The number of nitrogens with zero attached hydrogens (tertiary/aromatic N) is 4. The maximum Gasteiger partial charge on any atom is 0.160 e. The fourth-order valence-electron chi connectivity index (χ4n) is 3.26. The molecule has 4 aromatic rings. The summed E-state index contributed by atoms with van der Waals surface area (Å²) in [4.78, 5) is 13.4. The highest BCUT2D eigenvalue weighted by molar-refractivity contribution is 5.77. The molecular weight excluding hydrogens is 371 g/mol. The van der Waals surface area contributed by atoms with Crippen molar-refractivity contribution in [2.75, 3.05) is 11.5 Å². The van der Waals surface area contributed by atoms with Crippen molar-refractivity contribution in [3.63, 3.8) is 0 Å². The zero-order valence-corrected chi connectivity index (χ0v) is 16.1. The molecule has 7 nitrogen and oxygen atoms in total. The zero-order valence-electron chi connectivity index (χ0n) is 16.1. The van der Waals surface area contributed by atoms with Gasteiger partial charge >= 0.3 is 0 Å². The average Bonchev–Trinajstić information content (AvgIpc) is 2.97. The van der Waals surface area contributed by atoms with E-state index in [0.29, 0.717) is 23.9 Å². The number of pyridine rings is 2. The van der Waals surface area contributed by atoms with Crippen molar-refractivity contribution in [1.29, 1.82) is 0 Å². The van der Waals surface area contributed by atoms with E-state index in [1.54, 1.807) is 24.3 Å². The van der Waals surface area contributed by atoms with Gasteiger partial charge in [0.1, 0.15) is 40.6 Å². The second-order valence-corrected chi connectivity index (χ2v) is 6.90. The quantitative estimate of drug-likeness (QED) is 0.538. The summed E-state index contributed by atoms with van der Waals surface area (Å²) in [6.07, 6.45) is -0.172. The summed E-state index contributed by atoms with van der Waals surface area (Å²) in [6, 6.07) is 13.2. The van der Waals surface area contributed by atoms with Crippen LogP contribution < -0.4 is 16.2 Å². The lowest BCUT2D eigenvalue weighted by Crippen LogP contribution is -2.20. The van der Waals surface area contributed by atoms with Gasteiger partial charge in [0.2, 0.25) is 0 Å². The van der Waals surface area contributed by atoms with Crippen LogP contribution in [0.15, 0.2) is 48.5 Å². The highest BCUT2D eigenvalue weighted by atomic mass is 19.1. The number of rotatable bonds is 5. The first-order chi connectivity index (χ1) is 13.9. The van der Waals surface area contributed by atoms with E-state index < -0.39 is 0 Å². The van der Waals surface area contributed by atoms with Crippen LogP contribution in [0.2, 0.25) is 0 Å². The third-order valence-electron chi connectivity index (χ3n) is 4.53. The Hall–Kier alpha value is -3.68. The lowest BCUT2D eigenvalue weighted by molar-refractivity contribution is 0.200. The summed E-state index contributed by atoms with van der Waals surface area (Å²) >= 11 is 0. The normalized spacial score (nSPS) is 12.2. The summed E-state index contributed by atoms with van der Waals surface area (Å²) in [6.45, 7) is 4.41. The molecule has 0 saturated carbocycles. The monoisotopic (exact) mass is 392 g/mol. The molecule has 0 aliphatic rings. The molecule has 3 aromatic heterocycles. The first kappa shape index (κ1) is 18.7. The lowest BCUT2D eigenvalue weighted by atomic mass is 10.1. The number of halogens is 1. The van der Waals surface area contributed by atoms with Crippen LogP contribution in [0.4, 0.5) is 16.0 Å². The number of ether oxygens (including phenoxy) is 1. The third-order valence-corrected chi connectivity index (χ3v) is 4.53. The molecular formula is C21H21FN6O. The number of fused-ring (bicyclic) bond motifs is 1. The van der Waals surface area contributed by atoms with Crippen molar-refractivity contribution < 1.29 is 9.13 Å². The molecule has 0 aliphatic heterocycles. The fourth-order valence-corrected chi connectivity index (χ4v) is 3.26. The highest BCUT2D eigenvalue weighted by Gasteiger charge is 2.15. The molecule has 0 spiro atoms. The number of anilines is 2. The van der Waals surface area contributed by atoms with Crippen LogP contribution in [0, 0.1) is 12.7 Å². The van der Waals surface area contributed by atoms with Gasteiger partial charge in [0.25, 0.3) is 0 Å². The van der Waals surface area contributed by atoms with Crippen molar-refractivity contribution in [3.8, 4) is 17.0 Å². The maximum atomic E-state index is 13.1. The number of hydrogen-bond donors (Lipinski definition) is 2. The Bertz CT molecular complexity index is 1150. The standard InChI is InChI=1S/C21H21FN6O/c1-12(29-16-5-3-15(22)4-6-16)11-28-13(2)25-18-8-7-17(26-21(18)28)14-9-19(23)27-20(24)10-14/h3-10,12H,11H2,1-2H3,(H4,23,24,27). The van der Waals surface area contributed by atoms with Crippen molar-refractivity contribution in [3.05, 3.63) is 60.2 Å². The molecule has 148 valence electrons. The highest BCUT2D eigenvalue weighted by Crippen LogP contribution is 2.25. The Morgan fingerprint density at radius 1 is 1.00 bits per heavy atom. The number of nitrogens with two attached hydrogens (primary N) is 2. The van der Waals surface area contributed by atoms with E-state index in [-0.39, 0.29) is 11.9 Å². The molecule has 29 heavy (non-hydrogen) atoms. The van der Waals surface area contributed by atoms with E-state index in [2.05, 4.69) is 9.97 Å². The van der Waals surface area contributed by atoms with Crippen LogP contribution in [0.25, 0.3) is 22.4 Å². The Morgan fingerprint density at radius 2 is 1.69 bits per heavy atom. The van der Waals surface area contributed by atoms with Gasteiger partial charge in [-0.3, -0.25) is 0 Å². The predicted octanol–water partition coefficient (Wildman–Crippen LogP) is 3.57. The Morgan fingerprint density at radius 3 is 2.38 bits per heavy atom. The molecule has 1 unspecified atom stereocenters. The van der Waals surface area contributed by atoms with Crippen LogP contribution >= 0.6 is 0 Å². The molecule has 0 bridgehead atoms. The number of imidazole rings is 1. The van der Waals surface area contributed by atoms with Gasteiger partial charge in [-0.1, -0.05) is 0 Å². The Balaban J connectivity index is 1.65. The molecule has 8 heteroatoms. The van der Waals surface area contributed by atoms with Crippen molar-refractivity contribution in [2.24, 2.45) is 0 Å². The van der Waals surface area contributed by atoms with Crippen molar-refractivity contribution in [1.82, 2.24) is 19.5 Å². The van der Waals surface area contributed by atoms with Crippen LogP contribution in [-0.2, 0) is 6.54 Å². The zero-order chi connectivity index (χ0) is 20.5. The Kier molecular flexibility index (Phi) is 4.75. The van der Waals surface area contributed by atoms with E-state index in [1.165, 1.54) is 12.1 Å². The number of nitrogen functional groups attached to an aromatic ring is 2. The minimum Gasteiger partial charge on any atom is -0.489 e. The van der Waals surface area contributed by atoms with Gasteiger partial charge in [-0.15, -0.1) is 0 Å². The molecule has 0 aliphatic carbocycles. The van der Waals surface area contributed by atoms with Crippen molar-refractivity contribution >= 4 is 22.8 Å². The largest absolute Gasteiger partial charge is 0.489 e. The summed E-state index contributed by atoms with van der Waals surface area (Å²) in [5.74, 6) is 1.82. The van der Waals surface area contributed by atoms with E-state index in [1.807, 2.05) is 30.5 Å². The van der Waals surface area contributed by atoms with Crippen LogP contribution in [0.5, 0.6) is 5.75 Å². The topological polar surface area (TPSA) is 105 Å². The second-order valence-electron chi connectivity index (χ2n) is 6.90. The summed E-state index contributed by atoms with van der Waals surface area (Å²) in [5, 5.41) is 0. The molecule has 1 aromatic carbocycles. The first-order valence-corrected chi connectivity index (χ1v) is 9.18. The molecule has 0 fully saturated rings. The van der Waals surface area contributed by atoms with Gasteiger partial charge in [0.05, 0.1) is 12.2 Å². The summed E-state index contributed by atoms with van der Waals surface area (Å²) < 4.78 is 21.0. The number of aryl methyl sites for hydroxylation is 1. The predicted molar refractivity (Wildman–Crippen MR) is 111 cm³/mol. The first-order valence-electron chi connectivity index (χ1n) is 9.18. The minimum atomic E-state index is -0.296. The maximum absolute atomic E-state index is 13.1. The molecule has 4 N–H and O–H groups in total. The summed E-state index contributed by atoms with van der Waals surface area (Å²) in [5.41, 5.74) is 14.7. The molecule has 0 amide bonds. The Labute approximate surface area is 167 Å². The fraction of sp³-hybridized carbons (Fsp3) is 0.190. The number of aromatic nitrogens is 4. The second kappa shape index (κ2) is 7.38. The minimum absolute atomic E-state index is 0.172. The summed E-state index contributed by atoms with van der Waals surface area (Å²) in [7, 11) is 0. The molecule has 0 radical (unpaired) electrons. The van der Waals surface area contributed by atoms with Gasteiger partial charge in [0, 0.05) is 5.56 Å². The van der Waals surface area contributed by atoms with Gasteiger partial charge in [-0.25, -0.2) is 19.3 Å². The van der Waals surface area contributed by atoms with Gasteiger partial charge in [-0.05, 0) is 62.4 Å². The average molecular weight is 392 g/mol. The van der Waals surface area contributed by atoms with Gasteiger partial charge in [-0.2, -0.15) is 0 Å². The number of hydrogen-bond acceptors (Lipinski definition) is 6. The van der Waals surface area contributed by atoms with Crippen LogP contribution in [0.3, 0.4) is 0 Å². The smallest absolute Gasteiger partial charge is 0.160 e. The van der Waals surface area contributed by atoms with Crippen LogP contribution in [-0.4, -0.2) is 25.6 Å². The molecule has 4 rings (SSSR count). The van der Waals surface area contributed by atoms with Crippen LogP contribution in [0.1, 0.15) is 12.7 Å². The van der Waals surface area contributed by atoms with E-state index in [4.69, 9.17) is 21.2 Å². The molecule has 0 saturated heterocycles. The van der Waals surface area contributed by atoms with Gasteiger partial charge < -0.3 is 20.8 Å². The van der Waals surface area contributed by atoms with Gasteiger partial charge in [0.15, 0.2) is 5.65 Å². The van der Waals surface area contributed by atoms with Crippen molar-refractivity contribution in [2.45, 2.75) is 26.5 Å². The molecule has 3 heterocycles. The third kappa shape index (κ3) is 3.96. The SMILES string of the molecule is Cc1nc2ccc(-c3cc(N)nc(N)c3)nc2n1CC(C)Oc1ccc(F)cc1.